The van der Waals surface area contributed by atoms with Crippen LogP contribution in [0.15, 0.2) is 16.6 Å². The van der Waals surface area contributed by atoms with Gasteiger partial charge in [-0.15, -0.1) is 0 Å². The minimum Gasteiger partial charge on any atom is -0.462 e. The average Bonchev–Trinajstić information content (AvgIpc) is 2.89. The molecule has 0 amide bonds. The van der Waals surface area contributed by atoms with E-state index in [0.717, 1.165) is 23.1 Å². The van der Waals surface area contributed by atoms with Crippen LogP contribution >= 0.6 is 15.9 Å². The van der Waals surface area contributed by atoms with Crippen molar-refractivity contribution in [1.82, 2.24) is 9.47 Å². The van der Waals surface area contributed by atoms with E-state index in [0.29, 0.717) is 35.0 Å². The van der Waals surface area contributed by atoms with Gasteiger partial charge in [-0.2, -0.15) is 0 Å². The minimum absolute atomic E-state index is 0.308. The van der Waals surface area contributed by atoms with E-state index in [1.54, 1.807) is 13.0 Å². The van der Waals surface area contributed by atoms with Crippen LogP contribution in [0.2, 0.25) is 0 Å². The number of fused-ring (bicyclic) bond motifs is 1. The summed E-state index contributed by atoms with van der Waals surface area (Å²) in [7, 11) is 1.97. The SMILES string of the molecule is CCOC(=O)c1c(CN2CCCC[C@H]2C)n(C)c2cc(Br)c(OC(C)=O)cc12. The zero-order valence-corrected chi connectivity index (χ0v) is 18.5. The van der Waals surface area contributed by atoms with Crippen molar-refractivity contribution in [3.63, 3.8) is 0 Å². The smallest absolute Gasteiger partial charge is 0.340 e. The first-order chi connectivity index (χ1) is 13.3. The fourth-order valence-electron chi connectivity index (χ4n) is 3.92. The lowest BCUT2D eigenvalue weighted by molar-refractivity contribution is -0.131. The van der Waals surface area contributed by atoms with E-state index in [9.17, 15) is 9.59 Å². The van der Waals surface area contributed by atoms with Crippen LogP contribution in [0.5, 0.6) is 5.75 Å². The summed E-state index contributed by atoms with van der Waals surface area (Å²) in [5, 5.41) is 0.736. The van der Waals surface area contributed by atoms with Crippen molar-refractivity contribution in [2.75, 3.05) is 13.2 Å². The molecule has 1 aliphatic rings. The van der Waals surface area contributed by atoms with Gasteiger partial charge in [0.05, 0.1) is 22.2 Å². The Kier molecular flexibility index (Phi) is 6.45. The molecule has 1 fully saturated rings. The van der Waals surface area contributed by atoms with Crippen LogP contribution in [0, 0.1) is 0 Å². The maximum absolute atomic E-state index is 12.9. The molecule has 3 rings (SSSR count). The number of aryl methyl sites for hydroxylation is 1. The second kappa shape index (κ2) is 8.66. The van der Waals surface area contributed by atoms with Gasteiger partial charge in [0.2, 0.25) is 0 Å². The number of nitrogens with zero attached hydrogens (tertiary/aromatic N) is 2. The number of ether oxygens (including phenoxy) is 2. The van der Waals surface area contributed by atoms with Crippen molar-refractivity contribution >= 4 is 38.8 Å². The summed E-state index contributed by atoms with van der Waals surface area (Å²) >= 11 is 3.47. The van der Waals surface area contributed by atoms with Crippen molar-refractivity contribution in [3.8, 4) is 5.75 Å². The highest BCUT2D eigenvalue weighted by molar-refractivity contribution is 9.10. The first-order valence-electron chi connectivity index (χ1n) is 9.73. The number of hydrogen-bond acceptors (Lipinski definition) is 5. The summed E-state index contributed by atoms with van der Waals surface area (Å²) in [6.07, 6.45) is 3.59. The topological polar surface area (TPSA) is 60.8 Å². The molecule has 28 heavy (non-hydrogen) atoms. The first kappa shape index (κ1) is 20.9. The number of carbonyl (C=O) groups is 2. The summed E-state index contributed by atoms with van der Waals surface area (Å²) in [6, 6.07) is 4.11. The summed E-state index contributed by atoms with van der Waals surface area (Å²) in [5.74, 6) is -0.353. The number of halogens is 1. The molecule has 1 aliphatic heterocycles. The van der Waals surface area contributed by atoms with Gasteiger partial charge in [0.25, 0.3) is 0 Å². The summed E-state index contributed by atoms with van der Waals surface area (Å²) < 4.78 is 13.4. The molecule has 7 heteroatoms. The van der Waals surface area contributed by atoms with Gasteiger partial charge in [0.15, 0.2) is 0 Å². The molecule has 0 saturated carbocycles. The van der Waals surface area contributed by atoms with Gasteiger partial charge in [0.1, 0.15) is 5.75 Å². The highest BCUT2D eigenvalue weighted by Crippen LogP contribution is 2.36. The molecule has 1 aromatic heterocycles. The van der Waals surface area contributed by atoms with Crippen molar-refractivity contribution in [1.29, 1.82) is 0 Å². The zero-order valence-electron chi connectivity index (χ0n) is 16.9. The molecule has 2 aromatic rings. The highest BCUT2D eigenvalue weighted by Gasteiger charge is 2.27. The molecular formula is C21H27BrN2O4. The van der Waals surface area contributed by atoms with E-state index in [1.165, 1.54) is 26.2 Å². The van der Waals surface area contributed by atoms with E-state index >= 15 is 0 Å². The van der Waals surface area contributed by atoms with Crippen LogP contribution in [0.3, 0.4) is 0 Å². The van der Waals surface area contributed by atoms with Gasteiger partial charge in [-0.3, -0.25) is 9.69 Å². The van der Waals surface area contributed by atoms with Crippen LogP contribution in [0.1, 0.15) is 56.1 Å². The molecule has 1 saturated heterocycles. The molecule has 2 heterocycles. The number of benzene rings is 1. The highest BCUT2D eigenvalue weighted by atomic mass is 79.9. The van der Waals surface area contributed by atoms with Gasteiger partial charge in [-0.05, 0) is 61.3 Å². The molecule has 0 aliphatic carbocycles. The summed E-state index contributed by atoms with van der Waals surface area (Å²) in [5.41, 5.74) is 2.37. The first-order valence-corrected chi connectivity index (χ1v) is 10.5. The maximum Gasteiger partial charge on any atom is 0.340 e. The number of aromatic nitrogens is 1. The van der Waals surface area contributed by atoms with Gasteiger partial charge in [-0.25, -0.2) is 4.79 Å². The van der Waals surface area contributed by atoms with Crippen molar-refractivity contribution in [2.24, 2.45) is 7.05 Å². The van der Waals surface area contributed by atoms with Crippen LogP contribution in [0.4, 0.5) is 0 Å². The Hall–Kier alpha value is -1.86. The predicted molar refractivity (Wildman–Crippen MR) is 112 cm³/mol. The number of likely N-dealkylation sites (tertiary alicyclic amines) is 1. The second-order valence-electron chi connectivity index (χ2n) is 7.31. The third-order valence-corrected chi connectivity index (χ3v) is 6.02. The molecule has 1 aromatic carbocycles. The number of piperidine rings is 1. The van der Waals surface area contributed by atoms with Crippen LogP contribution in [0.25, 0.3) is 10.9 Å². The molecule has 6 nitrogen and oxygen atoms in total. The van der Waals surface area contributed by atoms with Crippen LogP contribution < -0.4 is 4.74 Å². The molecule has 0 unspecified atom stereocenters. The fraction of sp³-hybridized carbons (Fsp3) is 0.524. The van der Waals surface area contributed by atoms with E-state index in [1.807, 2.05) is 17.7 Å². The van der Waals surface area contributed by atoms with Crippen molar-refractivity contribution in [3.05, 3.63) is 27.9 Å². The quantitative estimate of drug-likeness (QED) is 0.498. The minimum atomic E-state index is -0.406. The third kappa shape index (κ3) is 4.10. The lowest BCUT2D eigenvalue weighted by atomic mass is 10.0. The Morgan fingerprint density at radius 1 is 1.29 bits per heavy atom. The number of rotatable bonds is 5. The van der Waals surface area contributed by atoms with Gasteiger partial charge >= 0.3 is 11.9 Å². The monoisotopic (exact) mass is 450 g/mol. The van der Waals surface area contributed by atoms with Gasteiger partial charge in [-0.1, -0.05) is 6.42 Å². The van der Waals surface area contributed by atoms with E-state index in [-0.39, 0.29) is 5.97 Å². The third-order valence-electron chi connectivity index (χ3n) is 5.40. The summed E-state index contributed by atoms with van der Waals surface area (Å²) in [4.78, 5) is 26.7. The Morgan fingerprint density at radius 2 is 2.04 bits per heavy atom. The van der Waals surface area contributed by atoms with Gasteiger partial charge in [0, 0.05) is 37.6 Å². The van der Waals surface area contributed by atoms with Crippen molar-refractivity contribution in [2.45, 2.75) is 52.6 Å². The average molecular weight is 451 g/mol. The Bertz CT molecular complexity index is 906. The van der Waals surface area contributed by atoms with E-state index in [2.05, 4.69) is 27.8 Å². The van der Waals surface area contributed by atoms with E-state index < -0.39 is 5.97 Å². The summed E-state index contributed by atoms with van der Waals surface area (Å²) in [6.45, 7) is 7.41. The van der Waals surface area contributed by atoms with Gasteiger partial charge < -0.3 is 14.0 Å². The molecule has 0 bridgehead atoms. The normalized spacial score (nSPS) is 17.7. The second-order valence-corrected chi connectivity index (χ2v) is 8.16. The molecule has 0 radical (unpaired) electrons. The molecule has 1 atom stereocenters. The van der Waals surface area contributed by atoms with Crippen molar-refractivity contribution < 1.29 is 19.1 Å². The number of carbonyl (C=O) groups excluding carboxylic acids is 2. The zero-order chi connectivity index (χ0) is 20.4. The molecule has 152 valence electrons. The number of esters is 2. The Morgan fingerprint density at radius 3 is 2.68 bits per heavy atom. The maximum atomic E-state index is 12.9. The largest absolute Gasteiger partial charge is 0.462 e. The number of hydrogen-bond donors (Lipinski definition) is 0. The molecule has 0 spiro atoms. The lowest BCUT2D eigenvalue weighted by Crippen LogP contribution is -2.37. The Labute approximate surface area is 173 Å². The molecule has 0 N–H and O–H groups in total. The fourth-order valence-corrected chi connectivity index (χ4v) is 4.34. The predicted octanol–water partition coefficient (Wildman–Crippen LogP) is 4.42. The standard InChI is InChI=1S/C21H27BrN2O4/c1-5-27-21(26)20-15-10-19(28-14(3)25)16(22)11-17(15)23(4)18(20)12-24-9-7-6-8-13(24)2/h10-11,13H,5-9,12H2,1-4H3/t13-/m1/s1. The van der Waals surface area contributed by atoms with E-state index in [4.69, 9.17) is 9.47 Å². The Balaban J connectivity index is 2.14. The van der Waals surface area contributed by atoms with Crippen LogP contribution in [-0.2, 0) is 23.1 Å². The van der Waals surface area contributed by atoms with Crippen LogP contribution in [-0.4, -0.2) is 40.6 Å². The molecular weight excluding hydrogens is 424 g/mol. The lowest BCUT2D eigenvalue weighted by Gasteiger charge is -2.33.